The Balaban J connectivity index is 3.29. The van der Waals surface area contributed by atoms with E-state index in [4.69, 9.17) is 0 Å². The molecule has 0 fully saturated rings. The number of amides is 1. The van der Waals surface area contributed by atoms with Crippen LogP contribution < -0.4 is 0 Å². The number of halogens is 1. The summed E-state index contributed by atoms with van der Waals surface area (Å²) in [5, 5.41) is 0. The molecule has 7 heteroatoms. The van der Waals surface area contributed by atoms with Crippen LogP contribution in [0.5, 0.6) is 0 Å². The first-order valence-corrected chi connectivity index (χ1v) is 8.02. The Morgan fingerprint density at radius 2 is 1.67 bits per heavy atom. The van der Waals surface area contributed by atoms with Gasteiger partial charge in [-0.15, -0.1) is 0 Å². The molecule has 0 unspecified atom stereocenters. The first kappa shape index (κ1) is 17.6. The zero-order chi connectivity index (χ0) is 16.4. The number of hydrogen-bond acceptors (Lipinski definition) is 3. The van der Waals surface area contributed by atoms with Crippen molar-refractivity contribution in [3.05, 3.63) is 29.1 Å². The maximum absolute atomic E-state index is 13.3. The van der Waals surface area contributed by atoms with Crippen LogP contribution in [0.3, 0.4) is 0 Å². The Hall–Kier alpha value is -1.47. The van der Waals surface area contributed by atoms with Gasteiger partial charge in [-0.25, -0.2) is 12.8 Å². The fourth-order valence-electron chi connectivity index (χ4n) is 2.09. The van der Waals surface area contributed by atoms with Gasteiger partial charge in [0.2, 0.25) is 15.9 Å². The molecule has 0 aromatic heterocycles. The topological polar surface area (TPSA) is 57.7 Å². The monoisotopic (exact) mass is 316 g/mol. The summed E-state index contributed by atoms with van der Waals surface area (Å²) in [6, 6.07) is 2.36. The molecule has 5 nitrogen and oxygen atoms in total. The number of carbonyl (C=O) groups excluding carboxylic acids is 1. The van der Waals surface area contributed by atoms with Crippen LogP contribution in [0.4, 0.5) is 4.39 Å². The van der Waals surface area contributed by atoms with Crippen molar-refractivity contribution in [2.75, 3.05) is 27.2 Å². The van der Waals surface area contributed by atoms with Crippen LogP contribution in [0.2, 0.25) is 0 Å². The van der Waals surface area contributed by atoms with Crippen molar-refractivity contribution in [3.63, 3.8) is 0 Å². The Kier molecular flexibility index (Phi) is 5.47. The Morgan fingerprint density at radius 1 is 1.19 bits per heavy atom. The van der Waals surface area contributed by atoms with Gasteiger partial charge in [0, 0.05) is 20.6 Å². The van der Waals surface area contributed by atoms with E-state index in [2.05, 4.69) is 0 Å². The van der Waals surface area contributed by atoms with Gasteiger partial charge < -0.3 is 4.90 Å². The summed E-state index contributed by atoms with van der Waals surface area (Å²) in [6.07, 6.45) is 0. The summed E-state index contributed by atoms with van der Waals surface area (Å²) >= 11 is 0. The molecule has 0 aliphatic heterocycles. The maximum Gasteiger partial charge on any atom is 0.244 e. The standard InChI is InChI=1S/C14H21FN2O3S/c1-6-17(9-13(18)16(4)5)21(19,20)14-10(2)7-12(15)8-11(14)3/h7-8H,6,9H2,1-5H3. The molecule has 0 bridgehead atoms. The van der Waals surface area contributed by atoms with E-state index >= 15 is 0 Å². The average Bonchev–Trinajstić information content (AvgIpc) is 2.33. The molecule has 0 atom stereocenters. The molecule has 21 heavy (non-hydrogen) atoms. The van der Waals surface area contributed by atoms with E-state index in [0.717, 1.165) is 4.31 Å². The Labute approximate surface area is 125 Å². The smallest absolute Gasteiger partial charge is 0.244 e. The van der Waals surface area contributed by atoms with E-state index in [9.17, 15) is 17.6 Å². The number of likely N-dealkylation sites (N-methyl/N-ethyl adjacent to an activating group) is 2. The number of carbonyl (C=O) groups is 1. The number of rotatable bonds is 5. The third kappa shape index (κ3) is 3.79. The first-order valence-electron chi connectivity index (χ1n) is 6.58. The van der Waals surface area contributed by atoms with Crippen molar-refractivity contribution < 1.29 is 17.6 Å². The predicted octanol–water partition coefficient (Wildman–Crippen LogP) is 1.54. The maximum atomic E-state index is 13.3. The highest BCUT2D eigenvalue weighted by Crippen LogP contribution is 2.24. The second kappa shape index (κ2) is 6.53. The van der Waals surface area contributed by atoms with Gasteiger partial charge in [-0.1, -0.05) is 6.92 Å². The van der Waals surface area contributed by atoms with Gasteiger partial charge in [0.15, 0.2) is 0 Å². The summed E-state index contributed by atoms with van der Waals surface area (Å²) in [4.78, 5) is 13.2. The molecule has 0 radical (unpaired) electrons. The van der Waals surface area contributed by atoms with Crippen molar-refractivity contribution in [3.8, 4) is 0 Å². The molecular formula is C14H21FN2O3S. The molecule has 118 valence electrons. The van der Waals surface area contributed by atoms with Crippen molar-refractivity contribution in [1.29, 1.82) is 0 Å². The van der Waals surface area contributed by atoms with Crippen LogP contribution >= 0.6 is 0 Å². The van der Waals surface area contributed by atoms with Crippen LogP contribution in [0.25, 0.3) is 0 Å². The minimum atomic E-state index is -3.84. The molecule has 1 aromatic carbocycles. The lowest BCUT2D eigenvalue weighted by atomic mass is 10.1. The van der Waals surface area contributed by atoms with Crippen LogP contribution in [0.1, 0.15) is 18.1 Å². The highest BCUT2D eigenvalue weighted by atomic mass is 32.2. The minimum absolute atomic E-state index is 0.0670. The molecule has 1 rings (SSSR count). The van der Waals surface area contributed by atoms with E-state index in [1.165, 1.54) is 17.0 Å². The summed E-state index contributed by atoms with van der Waals surface area (Å²) in [7, 11) is -0.705. The molecule has 0 heterocycles. The number of benzene rings is 1. The summed E-state index contributed by atoms with van der Waals surface area (Å²) in [5.74, 6) is -0.783. The second-order valence-electron chi connectivity index (χ2n) is 5.09. The third-order valence-corrected chi connectivity index (χ3v) is 5.41. The molecule has 1 aromatic rings. The molecule has 0 saturated carbocycles. The normalized spacial score (nSPS) is 11.8. The highest BCUT2D eigenvalue weighted by molar-refractivity contribution is 7.89. The van der Waals surface area contributed by atoms with Gasteiger partial charge in [-0.05, 0) is 37.1 Å². The van der Waals surface area contributed by atoms with Crippen LogP contribution in [0, 0.1) is 19.7 Å². The minimum Gasteiger partial charge on any atom is -0.348 e. The van der Waals surface area contributed by atoms with Crippen LogP contribution in [0.15, 0.2) is 17.0 Å². The third-order valence-electron chi connectivity index (χ3n) is 3.19. The van der Waals surface area contributed by atoms with Crippen LogP contribution in [-0.4, -0.2) is 50.7 Å². The number of hydrogen-bond donors (Lipinski definition) is 0. The van der Waals surface area contributed by atoms with Crippen molar-refractivity contribution in [2.24, 2.45) is 0 Å². The average molecular weight is 316 g/mol. The lowest BCUT2D eigenvalue weighted by Gasteiger charge is -2.23. The van der Waals surface area contributed by atoms with Gasteiger partial charge in [0.05, 0.1) is 11.4 Å². The van der Waals surface area contributed by atoms with E-state index < -0.39 is 15.8 Å². The number of aryl methyl sites for hydroxylation is 2. The zero-order valence-corrected chi connectivity index (χ0v) is 13.8. The Bertz CT molecular complexity index is 619. The van der Waals surface area contributed by atoms with E-state index in [1.807, 2.05) is 0 Å². The summed E-state index contributed by atoms with van der Waals surface area (Å²) in [6.45, 7) is 4.68. The molecule has 0 N–H and O–H groups in total. The van der Waals surface area contributed by atoms with Crippen LogP contribution in [-0.2, 0) is 14.8 Å². The van der Waals surface area contributed by atoms with Gasteiger partial charge in [-0.3, -0.25) is 4.79 Å². The van der Waals surface area contributed by atoms with Gasteiger partial charge in [0.25, 0.3) is 0 Å². The first-order chi connectivity index (χ1) is 9.61. The second-order valence-corrected chi connectivity index (χ2v) is 6.96. The van der Waals surface area contributed by atoms with Gasteiger partial charge >= 0.3 is 0 Å². The molecular weight excluding hydrogens is 295 g/mol. The number of sulfonamides is 1. The van der Waals surface area contributed by atoms with Crippen molar-refractivity contribution in [1.82, 2.24) is 9.21 Å². The Morgan fingerprint density at radius 3 is 2.05 bits per heavy atom. The lowest BCUT2D eigenvalue weighted by molar-refractivity contribution is -0.128. The fourth-order valence-corrected chi connectivity index (χ4v) is 3.90. The molecule has 0 spiro atoms. The predicted molar refractivity (Wildman–Crippen MR) is 79.0 cm³/mol. The summed E-state index contributed by atoms with van der Waals surface area (Å²) in [5.41, 5.74) is 0.673. The molecule has 1 amide bonds. The molecule has 0 aliphatic rings. The number of nitrogens with zero attached hydrogens (tertiary/aromatic N) is 2. The van der Waals surface area contributed by atoms with E-state index in [1.54, 1.807) is 34.9 Å². The largest absolute Gasteiger partial charge is 0.348 e. The van der Waals surface area contributed by atoms with Crippen molar-refractivity contribution >= 4 is 15.9 Å². The molecule has 0 aliphatic carbocycles. The zero-order valence-electron chi connectivity index (χ0n) is 13.0. The van der Waals surface area contributed by atoms with Gasteiger partial charge in [0.1, 0.15) is 5.82 Å². The highest BCUT2D eigenvalue weighted by Gasteiger charge is 2.29. The van der Waals surface area contributed by atoms with E-state index in [0.29, 0.717) is 11.1 Å². The lowest BCUT2D eigenvalue weighted by Crippen LogP contribution is -2.40. The SMILES string of the molecule is CCN(CC(=O)N(C)C)S(=O)(=O)c1c(C)cc(F)cc1C. The quantitative estimate of drug-likeness (QED) is 0.828. The van der Waals surface area contributed by atoms with E-state index in [-0.39, 0.29) is 23.9 Å². The fraction of sp³-hybridized carbons (Fsp3) is 0.500. The molecule has 0 saturated heterocycles. The van der Waals surface area contributed by atoms with Gasteiger partial charge in [-0.2, -0.15) is 4.31 Å². The van der Waals surface area contributed by atoms with Crippen molar-refractivity contribution in [2.45, 2.75) is 25.7 Å². The summed E-state index contributed by atoms with van der Waals surface area (Å²) < 4.78 is 39.8.